The van der Waals surface area contributed by atoms with Gasteiger partial charge in [0, 0.05) is 18.6 Å². The molecule has 0 saturated carbocycles. The van der Waals surface area contributed by atoms with E-state index in [2.05, 4.69) is 5.32 Å². The molecule has 1 amide bonds. The number of anilines is 1. The minimum absolute atomic E-state index is 0.106. The fourth-order valence-corrected chi connectivity index (χ4v) is 1.09. The molecule has 6 heteroatoms. The maximum atomic E-state index is 13.1. The van der Waals surface area contributed by atoms with E-state index in [9.17, 15) is 18.0 Å². The maximum absolute atomic E-state index is 13.1. The van der Waals surface area contributed by atoms with Gasteiger partial charge in [-0.2, -0.15) is 0 Å². The van der Waals surface area contributed by atoms with Crippen molar-refractivity contribution in [1.82, 2.24) is 0 Å². The Morgan fingerprint density at radius 3 is 2.44 bits per heavy atom. The fourth-order valence-electron chi connectivity index (χ4n) is 1.09. The molecule has 0 aliphatic heterocycles. The number of nitrogens with two attached hydrogens (primary N) is 1. The third kappa shape index (κ3) is 3.23. The third-order valence-corrected chi connectivity index (χ3v) is 1.89. The van der Waals surface area contributed by atoms with Gasteiger partial charge in [-0.3, -0.25) is 4.79 Å². The average Bonchev–Trinajstić information content (AvgIpc) is 2.23. The molecule has 0 aliphatic carbocycles. The average molecular weight is 232 g/mol. The highest BCUT2D eigenvalue weighted by Gasteiger charge is 2.11. The van der Waals surface area contributed by atoms with Crippen LogP contribution in [0.15, 0.2) is 12.1 Å². The Morgan fingerprint density at radius 1 is 1.19 bits per heavy atom. The van der Waals surface area contributed by atoms with Crippen LogP contribution in [0.4, 0.5) is 18.9 Å². The number of halogens is 3. The van der Waals surface area contributed by atoms with E-state index in [1.165, 1.54) is 0 Å². The van der Waals surface area contributed by atoms with Crippen molar-refractivity contribution in [2.75, 3.05) is 11.9 Å². The van der Waals surface area contributed by atoms with Gasteiger partial charge in [0.1, 0.15) is 5.82 Å². The number of carbonyl (C=O) groups is 1. The van der Waals surface area contributed by atoms with Crippen LogP contribution in [-0.4, -0.2) is 12.5 Å². The summed E-state index contributed by atoms with van der Waals surface area (Å²) < 4.78 is 38.4. The summed E-state index contributed by atoms with van der Waals surface area (Å²) in [6.45, 7) is 0.327. The molecular formula is C10H11F3N2O. The van der Waals surface area contributed by atoms with Crippen molar-refractivity contribution in [2.24, 2.45) is 5.73 Å². The molecule has 3 nitrogen and oxygen atoms in total. The van der Waals surface area contributed by atoms with Crippen molar-refractivity contribution in [1.29, 1.82) is 0 Å². The van der Waals surface area contributed by atoms with E-state index in [0.717, 1.165) is 0 Å². The summed E-state index contributed by atoms with van der Waals surface area (Å²) in [7, 11) is 0. The van der Waals surface area contributed by atoms with Gasteiger partial charge in [0.05, 0.1) is 5.69 Å². The van der Waals surface area contributed by atoms with Gasteiger partial charge in [0.25, 0.3) is 0 Å². The van der Waals surface area contributed by atoms with Crippen molar-refractivity contribution < 1.29 is 18.0 Å². The summed E-state index contributed by atoms with van der Waals surface area (Å²) in [5.41, 5.74) is 4.81. The highest BCUT2D eigenvalue weighted by atomic mass is 19.2. The Hall–Kier alpha value is -1.56. The van der Waals surface area contributed by atoms with Gasteiger partial charge in [-0.1, -0.05) is 0 Å². The van der Waals surface area contributed by atoms with Crippen molar-refractivity contribution in [3.63, 3.8) is 0 Å². The molecule has 3 N–H and O–H groups in total. The lowest BCUT2D eigenvalue weighted by atomic mass is 10.2. The number of amides is 1. The van der Waals surface area contributed by atoms with Gasteiger partial charge in [0.2, 0.25) is 5.91 Å². The van der Waals surface area contributed by atoms with Gasteiger partial charge < -0.3 is 11.1 Å². The van der Waals surface area contributed by atoms with Crippen molar-refractivity contribution in [3.8, 4) is 0 Å². The molecule has 1 aromatic carbocycles. The summed E-state index contributed by atoms with van der Waals surface area (Å²) in [6, 6.07) is 0.985. The Morgan fingerprint density at radius 2 is 1.81 bits per heavy atom. The molecule has 0 aromatic heterocycles. The van der Waals surface area contributed by atoms with Gasteiger partial charge in [-0.25, -0.2) is 13.2 Å². The second kappa shape index (κ2) is 5.50. The number of nitrogens with one attached hydrogen (secondary N) is 1. The smallest absolute Gasteiger partial charge is 0.224 e. The monoisotopic (exact) mass is 232 g/mol. The van der Waals surface area contributed by atoms with Gasteiger partial charge in [-0.15, -0.1) is 0 Å². The van der Waals surface area contributed by atoms with Gasteiger partial charge in [-0.05, 0) is 13.0 Å². The Balaban J connectivity index is 2.73. The van der Waals surface area contributed by atoms with Gasteiger partial charge in [0.15, 0.2) is 11.6 Å². The largest absolute Gasteiger partial charge is 0.330 e. The van der Waals surface area contributed by atoms with Crippen LogP contribution in [0.1, 0.15) is 12.8 Å². The SMILES string of the molecule is NCCCC(=O)Nc1cc(F)c(F)cc1F. The molecular weight excluding hydrogens is 221 g/mol. The number of hydrogen-bond acceptors (Lipinski definition) is 2. The summed E-state index contributed by atoms with van der Waals surface area (Å²) in [5, 5.41) is 2.14. The Labute approximate surface area is 90.4 Å². The van der Waals surface area contributed by atoms with E-state index in [1.807, 2.05) is 0 Å². The molecule has 1 aromatic rings. The van der Waals surface area contributed by atoms with E-state index in [-0.39, 0.29) is 12.1 Å². The van der Waals surface area contributed by atoms with Crippen LogP contribution in [0.3, 0.4) is 0 Å². The standard InChI is InChI=1S/C10H11F3N2O/c11-6-4-8(13)9(5-7(6)12)15-10(16)2-1-3-14/h4-5H,1-3,14H2,(H,15,16). The molecule has 0 unspecified atom stereocenters. The topological polar surface area (TPSA) is 55.1 Å². The first kappa shape index (κ1) is 12.5. The summed E-state index contributed by atoms with van der Waals surface area (Å²) in [6.07, 6.45) is 0.548. The normalized spacial score (nSPS) is 10.2. The molecule has 16 heavy (non-hydrogen) atoms. The van der Waals surface area contributed by atoms with Crippen molar-refractivity contribution in [3.05, 3.63) is 29.6 Å². The fraction of sp³-hybridized carbons (Fsp3) is 0.300. The van der Waals surface area contributed by atoms with Gasteiger partial charge >= 0.3 is 0 Å². The van der Waals surface area contributed by atoms with Crippen molar-refractivity contribution >= 4 is 11.6 Å². The molecule has 0 fully saturated rings. The highest BCUT2D eigenvalue weighted by Crippen LogP contribution is 2.18. The molecule has 0 atom stereocenters. The maximum Gasteiger partial charge on any atom is 0.224 e. The second-order valence-corrected chi connectivity index (χ2v) is 3.19. The number of rotatable bonds is 4. The molecule has 0 aliphatic rings. The zero-order chi connectivity index (χ0) is 12.1. The van der Waals surface area contributed by atoms with E-state index < -0.39 is 23.4 Å². The van der Waals surface area contributed by atoms with Crippen LogP contribution in [0.25, 0.3) is 0 Å². The third-order valence-electron chi connectivity index (χ3n) is 1.89. The zero-order valence-electron chi connectivity index (χ0n) is 8.40. The minimum Gasteiger partial charge on any atom is -0.330 e. The second-order valence-electron chi connectivity index (χ2n) is 3.19. The number of carbonyl (C=O) groups excluding carboxylic acids is 1. The minimum atomic E-state index is -1.29. The first-order valence-electron chi connectivity index (χ1n) is 4.69. The van der Waals surface area contributed by atoms with Crippen LogP contribution in [-0.2, 0) is 4.79 Å². The first-order chi connectivity index (χ1) is 7.54. The van der Waals surface area contributed by atoms with Crippen LogP contribution < -0.4 is 11.1 Å². The van der Waals surface area contributed by atoms with Crippen molar-refractivity contribution in [2.45, 2.75) is 12.8 Å². The molecule has 0 spiro atoms. The van der Waals surface area contributed by atoms with E-state index in [0.29, 0.717) is 25.1 Å². The van der Waals surface area contributed by atoms with E-state index in [4.69, 9.17) is 5.73 Å². The predicted octanol–water partition coefficient (Wildman–Crippen LogP) is 1.78. The first-order valence-corrected chi connectivity index (χ1v) is 4.69. The lowest BCUT2D eigenvalue weighted by molar-refractivity contribution is -0.116. The Kier molecular flexibility index (Phi) is 4.30. The summed E-state index contributed by atoms with van der Waals surface area (Å²) in [4.78, 5) is 11.2. The molecule has 88 valence electrons. The molecule has 0 heterocycles. The molecule has 0 saturated heterocycles. The molecule has 1 rings (SSSR count). The lowest BCUT2D eigenvalue weighted by Gasteiger charge is -2.06. The zero-order valence-corrected chi connectivity index (χ0v) is 8.40. The predicted molar refractivity (Wildman–Crippen MR) is 53.2 cm³/mol. The number of hydrogen-bond donors (Lipinski definition) is 2. The van der Waals surface area contributed by atoms with Crippen LogP contribution in [0.5, 0.6) is 0 Å². The van der Waals surface area contributed by atoms with E-state index in [1.54, 1.807) is 0 Å². The van der Waals surface area contributed by atoms with Crippen LogP contribution >= 0.6 is 0 Å². The van der Waals surface area contributed by atoms with Crippen LogP contribution in [0, 0.1) is 17.5 Å². The summed E-state index contributed by atoms with van der Waals surface area (Å²) in [5.74, 6) is -4.01. The highest BCUT2D eigenvalue weighted by molar-refractivity contribution is 5.90. The number of benzene rings is 1. The van der Waals surface area contributed by atoms with Crippen LogP contribution in [0.2, 0.25) is 0 Å². The lowest BCUT2D eigenvalue weighted by Crippen LogP contribution is -2.14. The summed E-state index contributed by atoms with van der Waals surface area (Å²) >= 11 is 0. The quantitative estimate of drug-likeness (QED) is 0.777. The van der Waals surface area contributed by atoms with E-state index >= 15 is 0 Å². The Bertz CT molecular complexity index is 396. The molecule has 0 radical (unpaired) electrons. The molecule has 0 bridgehead atoms.